The Morgan fingerprint density at radius 1 is 1.21 bits per heavy atom. The molecule has 3 heteroatoms. The molecule has 3 nitrogen and oxygen atoms in total. The lowest BCUT2D eigenvalue weighted by Crippen LogP contribution is -2.35. The zero-order valence-electron chi connectivity index (χ0n) is 9.42. The number of allylic oxidation sites excluding steroid dienone is 1. The number of nitrogens with zero attached hydrogens (tertiary/aromatic N) is 2. The molecule has 0 aromatic carbocycles. The zero-order chi connectivity index (χ0) is 10.6. The lowest BCUT2D eigenvalue weighted by atomic mass is 10.1. The molecule has 0 atom stereocenters. The number of carbonyl (C=O) groups is 1. The fourth-order valence-corrected chi connectivity index (χ4v) is 1.81. The van der Waals surface area contributed by atoms with Crippen LogP contribution in [0.5, 0.6) is 0 Å². The molecule has 0 aromatic heterocycles. The maximum absolute atomic E-state index is 11.1. The van der Waals surface area contributed by atoms with Gasteiger partial charge in [-0.3, -0.25) is 4.79 Å². The molecule has 80 valence electrons. The summed E-state index contributed by atoms with van der Waals surface area (Å²) in [4.78, 5) is 15.4. The first-order valence-corrected chi connectivity index (χ1v) is 5.26. The summed E-state index contributed by atoms with van der Waals surface area (Å²) in [6.07, 6.45) is 5.52. The van der Waals surface area contributed by atoms with Crippen LogP contribution in [0.2, 0.25) is 0 Å². The van der Waals surface area contributed by atoms with Gasteiger partial charge in [-0.2, -0.15) is 0 Å². The van der Waals surface area contributed by atoms with E-state index in [1.165, 1.54) is 19.3 Å². The second-order valence-electron chi connectivity index (χ2n) is 4.06. The van der Waals surface area contributed by atoms with Gasteiger partial charge in [0.05, 0.1) is 0 Å². The summed E-state index contributed by atoms with van der Waals surface area (Å²) >= 11 is 0. The maximum atomic E-state index is 11.1. The highest BCUT2D eigenvalue weighted by atomic mass is 16.1. The van der Waals surface area contributed by atoms with E-state index >= 15 is 0 Å². The van der Waals surface area contributed by atoms with Crippen molar-refractivity contribution in [3.8, 4) is 0 Å². The summed E-state index contributed by atoms with van der Waals surface area (Å²) in [7, 11) is 3.98. The Balaban J connectivity index is 2.70. The highest BCUT2D eigenvalue weighted by Gasteiger charge is 2.14. The molecule has 0 spiro atoms. The lowest BCUT2D eigenvalue weighted by molar-refractivity contribution is -0.112. The van der Waals surface area contributed by atoms with Crippen molar-refractivity contribution in [1.29, 1.82) is 0 Å². The van der Waals surface area contributed by atoms with Crippen LogP contribution in [0.1, 0.15) is 26.2 Å². The van der Waals surface area contributed by atoms with E-state index in [4.69, 9.17) is 0 Å². The minimum atomic E-state index is 0.124. The third-order valence-corrected chi connectivity index (χ3v) is 2.47. The standard InChI is InChI=1S/C11H20N2O/c1-10(14)9-11(12(2)3)13-7-5-4-6-8-13/h9H,4-8H2,1-3H3/b11-9+. The van der Waals surface area contributed by atoms with Crippen LogP contribution in [-0.2, 0) is 4.79 Å². The maximum Gasteiger partial charge on any atom is 0.156 e. The van der Waals surface area contributed by atoms with Gasteiger partial charge in [-0.15, -0.1) is 0 Å². The smallest absolute Gasteiger partial charge is 0.156 e. The van der Waals surface area contributed by atoms with Crippen molar-refractivity contribution < 1.29 is 4.79 Å². The highest BCUT2D eigenvalue weighted by Crippen LogP contribution is 2.15. The van der Waals surface area contributed by atoms with Crippen LogP contribution < -0.4 is 0 Å². The summed E-state index contributed by atoms with van der Waals surface area (Å²) in [5.41, 5.74) is 0. The predicted molar refractivity (Wildman–Crippen MR) is 57.9 cm³/mol. The van der Waals surface area contributed by atoms with Crippen LogP contribution in [-0.4, -0.2) is 42.8 Å². The molecule has 14 heavy (non-hydrogen) atoms. The Morgan fingerprint density at radius 3 is 2.21 bits per heavy atom. The lowest BCUT2D eigenvalue weighted by Gasteiger charge is -2.34. The minimum Gasteiger partial charge on any atom is -0.364 e. The molecule has 0 unspecified atom stereocenters. The predicted octanol–water partition coefficient (Wildman–Crippen LogP) is 1.46. The van der Waals surface area contributed by atoms with Crippen molar-refractivity contribution >= 4 is 5.78 Å². The average molecular weight is 196 g/mol. The Bertz CT molecular complexity index is 227. The normalized spacial score (nSPS) is 18.2. The molecule has 1 fully saturated rings. The van der Waals surface area contributed by atoms with Crippen LogP contribution in [0.4, 0.5) is 0 Å². The number of rotatable bonds is 3. The minimum absolute atomic E-state index is 0.124. The largest absolute Gasteiger partial charge is 0.364 e. The van der Waals surface area contributed by atoms with Crippen LogP contribution in [0, 0.1) is 0 Å². The monoisotopic (exact) mass is 196 g/mol. The number of ketones is 1. The van der Waals surface area contributed by atoms with Crippen molar-refractivity contribution in [1.82, 2.24) is 9.80 Å². The molecule has 0 bridgehead atoms. The second kappa shape index (κ2) is 5.03. The quantitative estimate of drug-likeness (QED) is 0.639. The zero-order valence-corrected chi connectivity index (χ0v) is 9.42. The van der Waals surface area contributed by atoms with Gasteiger partial charge in [0, 0.05) is 33.3 Å². The molecular weight excluding hydrogens is 176 g/mol. The van der Waals surface area contributed by atoms with Gasteiger partial charge in [-0.1, -0.05) is 0 Å². The molecule has 1 heterocycles. The molecule has 0 saturated carbocycles. The number of piperidine rings is 1. The third kappa shape index (κ3) is 3.05. The fourth-order valence-electron chi connectivity index (χ4n) is 1.81. The molecule has 1 aliphatic heterocycles. The van der Waals surface area contributed by atoms with Crippen LogP contribution >= 0.6 is 0 Å². The van der Waals surface area contributed by atoms with Gasteiger partial charge in [0.15, 0.2) is 5.78 Å². The van der Waals surface area contributed by atoms with Crippen molar-refractivity contribution in [3.05, 3.63) is 11.9 Å². The van der Waals surface area contributed by atoms with Crippen LogP contribution in [0.25, 0.3) is 0 Å². The molecule has 0 radical (unpaired) electrons. The first-order chi connectivity index (χ1) is 6.61. The van der Waals surface area contributed by atoms with Gasteiger partial charge in [-0.25, -0.2) is 0 Å². The summed E-state index contributed by atoms with van der Waals surface area (Å²) in [6.45, 7) is 3.77. The number of likely N-dealkylation sites (tertiary alicyclic amines) is 1. The van der Waals surface area contributed by atoms with Gasteiger partial charge in [0.25, 0.3) is 0 Å². The van der Waals surface area contributed by atoms with Gasteiger partial charge >= 0.3 is 0 Å². The van der Waals surface area contributed by atoms with E-state index in [0.717, 1.165) is 18.9 Å². The average Bonchev–Trinajstić information content (AvgIpc) is 2.15. The SMILES string of the molecule is CC(=O)/C=C(\N(C)C)N1CCCCC1. The summed E-state index contributed by atoms with van der Waals surface area (Å²) in [5.74, 6) is 1.18. The van der Waals surface area contributed by atoms with E-state index in [9.17, 15) is 4.79 Å². The van der Waals surface area contributed by atoms with Gasteiger partial charge in [0.2, 0.25) is 0 Å². The molecule has 1 aliphatic rings. The Hall–Kier alpha value is -0.990. The molecule has 0 aliphatic carbocycles. The van der Waals surface area contributed by atoms with Crippen molar-refractivity contribution in [2.75, 3.05) is 27.2 Å². The first-order valence-electron chi connectivity index (χ1n) is 5.26. The number of hydrogen-bond acceptors (Lipinski definition) is 3. The molecule has 0 aromatic rings. The van der Waals surface area contributed by atoms with E-state index in [2.05, 4.69) is 4.90 Å². The van der Waals surface area contributed by atoms with Crippen LogP contribution in [0.3, 0.4) is 0 Å². The van der Waals surface area contributed by atoms with Gasteiger partial charge in [-0.05, 0) is 26.2 Å². The Morgan fingerprint density at radius 2 is 1.79 bits per heavy atom. The second-order valence-corrected chi connectivity index (χ2v) is 4.06. The Labute approximate surface area is 86.4 Å². The van der Waals surface area contributed by atoms with E-state index in [1.807, 2.05) is 19.0 Å². The van der Waals surface area contributed by atoms with Crippen molar-refractivity contribution in [3.63, 3.8) is 0 Å². The molecule has 1 rings (SSSR count). The number of carbonyl (C=O) groups excluding carboxylic acids is 1. The van der Waals surface area contributed by atoms with Crippen LogP contribution in [0.15, 0.2) is 11.9 Å². The Kier molecular flexibility index (Phi) is 3.98. The van der Waals surface area contributed by atoms with Crippen molar-refractivity contribution in [2.24, 2.45) is 0 Å². The topological polar surface area (TPSA) is 23.6 Å². The highest BCUT2D eigenvalue weighted by molar-refractivity contribution is 5.87. The van der Waals surface area contributed by atoms with E-state index in [0.29, 0.717) is 0 Å². The molecule has 0 amide bonds. The molecular formula is C11H20N2O. The van der Waals surface area contributed by atoms with Gasteiger partial charge in [0.1, 0.15) is 5.82 Å². The summed E-state index contributed by atoms with van der Waals surface area (Å²) in [6, 6.07) is 0. The van der Waals surface area contributed by atoms with E-state index in [-0.39, 0.29) is 5.78 Å². The van der Waals surface area contributed by atoms with E-state index < -0.39 is 0 Å². The number of hydrogen-bond donors (Lipinski definition) is 0. The van der Waals surface area contributed by atoms with Gasteiger partial charge < -0.3 is 9.80 Å². The third-order valence-electron chi connectivity index (χ3n) is 2.47. The first kappa shape index (κ1) is 11.1. The van der Waals surface area contributed by atoms with Crippen molar-refractivity contribution in [2.45, 2.75) is 26.2 Å². The fraction of sp³-hybridized carbons (Fsp3) is 0.727. The van der Waals surface area contributed by atoms with E-state index in [1.54, 1.807) is 13.0 Å². The summed E-state index contributed by atoms with van der Waals surface area (Å²) in [5, 5.41) is 0. The molecule has 1 saturated heterocycles. The molecule has 0 N–H and O–H groups in total. The summed E-state index contributed by atoms with van der Waals surface area (Å²) < 4.78 is 0.